The van der Waals surface area contributed by atoms with Crippen LogP contribution in [0.3, 0.4) is 0 Å². The van der Waals surface area contributed by atoms with Crippen molar-refractivity contribution in [2.24, 2.45) is 10.9 Å². The van der Waals surface area contributed by atoms with Gasteiger partial charge in [0.25, 0.3) is 5.95 Å². The molecule has 1 aliphatic rings. The molecule has 10 heteroatoms. The van der Waals surface area contributed by atoms with Crippen LogP contribution in [0.15, 0.2) is 78.0 Å². The number of rotatable bonds is 7. The summed E-state index contributed by atoms with van der Waals surface area (Å²) in [6, 6.07) is 20.8. The van der Waals surface area contributed by atoms with E-state index < -0.39 is 0 Å². The highest BCUT2D eigenvalue weighted by atomic mass is 16.5. The number of hydrogen-bond donors (Lipinski definition) is 3. The molecular weight excluding hydrogens is 468 g/mol. The molecule has 4 N–H and O–H groups in total. The number of phenolic OH excluding ortho intramolecular Hbond substituents is 1. The summed E-state index contributed by atoms with van der Waals surface area (Å²) in [5.41, 5.74) is 5.19. The molecule has 0 amide bonds. The van der Waals surface area contributed by atoms with E-state index in [-0.39, 0.29) is 5.75 Å². The van der Waals surface area contributed by atoms with E-state index in [1.807, 2.05) is 61.5 Å². The maximum absolute atomic E-state index is 9.69. The lowest BCUT2D eigenvalue weighted by Gasteiger charge is -2.28. The van der Waals surface area contributed by atoms with Crippen molar-refractivity contribution < 1.29 is 9.84 Å². The first-order valence-electron chi connectivity index (χ1n) is 11.9. The Morgan fingerprint density at radius 1 is 1.00 bits per heavy atom. The van der Waals surface area contributed by atoms with E-state index in [0.29, 0.717) is 24.9 Å². The summed E-state index contributed by atoms with van der Waals surface area (Å²) in [5, 5.41) is 18.4. The van der Waals surface area contributed by atoms with Crippen LogP contribution in [-0.2, 0) is 4.74 Å². The number of phenols is 1. The Bertz CT molecular complexity index is 1370. The minimum atomic E-state index is 0.247. The Kier molecular flexibility index (Phi) is 7.20. The lowest BCUT2D eigenvalue weighted by molar-refractivity contribution is 0.122. The largest absolute Gasteiger partial charge is 0.508 e. The smallest absolute Gasteiger partial charge is 0.263 e. The van der Waals surface area contributed by atoms with Crippen LogP contribution in [0.25, 0.3) is 11.1 Å². The average molecular weight is 497 g/mol. The van der Waals surface area contributed by atoms with Crippen molar-refractivity contribution in [1.29, 1.82) is 0 Å². The zero-order valence-electron chi connectivity index (χ0n) is 20.5. The summed E-state index contributed by atoms with van der Waals surface area (Å²) in [6.45, 7) is 4.79. The number of ether oxygens (including phenoxy) is 1. The first-order valence-corrected chi connectivity index (χ1v) is 11.9. The number of nitrogens with one attached hydrogen (secondary N) is 1. The highest BCUT2D eigenvalue weighted by molar-refractivity contribution is 5.78. The molecule has 0 aliphatic carbocycles. The summed E-state index contributed by atoms with van der Waals surface area (Å²) in [7, 11) is 0. The zero-order chi connectivity index (χ0) is 25.6. The second kappa shape index (κ2) is 11.0. The van der Waals surface area contributed by atoms with Gasteiger partial charge < -0.3 is 20.1 Å². The Morgan fingerprint density at radius 2 is 1.78 bits per heavy atom. The molecule has 37 heavy (non-hydrogen) atoms. The first kappa shape index (κ1) is 24.2. The van der Waals surface area contributed by atoms with Gasteiger partial charge in [-0.25, -0.2) is 10.8 Å². The van der Waals surface area contributed by atoms with Gasteiger partial charge in [0, 0.05) is 30.5 Å². The van der Waals surface area contributed by atoms with E-state index in [1.54, 1.807) is 24.5 Å². The number of benzene rings is 2. The average Bonchev–Trinajstić information content (AvgIpc) is 2.93. The number of pyridine rings is 1. The van der Waals surface area contributed by atoms with Gasteiger partial charge in [0.15, 0.2) is 0 Å². The molecule has 0 saturated carbocycles. The molecule has 0 atom stereocenters. The Balaban J connectivity index is 1.21. The van der Waals surface area contributed by atoms with E-state index in [4.69, 9.17) is 10.6 Å². The van der Waals surface area contributed by atoms with Gasteiger partial charge in [-0.15, -0.1) is 0 Å². The van der Waals surface area contributed by atoms with Crippen LogP contribution >= 0.6 is 0 Å². The van der Waals surface area contributed by atoms with Crippen LogP contribution in [0.4, 0.5) is 23.1 Å². The standard InChI is InChI=1S/C27H28N8O2/c1-19-15-26(34-11-13-37-14-12-34)33-27(31-19)35(28)30-18-23-9-10-24(17-29-23)32-22-7-5-20(6-8-22)21-3-2-4-25(36)16-21/h2-10,15-18,32,36H,11-14,28H2,1H3/b30-18+. The number of aromatic hydroxyl groups is 1. The van der Waals surface area contributed by atoms with Crippen molar-refractivity contribution in [3.8, 4) is 16.9 Å². The number of aryl methyl sites for hydroxylation is 1. The number of morpholine rings is 1. The number of nitrogens with zero attached hydrogens (tertiary/aromatic N) is 6. The SMILES string of the molecule is Cc1cc(N2CCOCC2)nc(N(N)/N=C/c2ccc(Nc3ccc(-c4cccc(O)c4)cc3)cn2)n1. The number of nitrogens with two attached hydrogens (primary N) is 1. The monoisotopic (exact) mass is 496 g/mol. The molecule has 1 fully saturated rings. The zero-order valence-corrected chi connectivity index (χ0v) is 20.5. The van der Waals surface area contributed by atoms with Gasteiger partial charge in [-0.05, 0) is 54.4 Å². The second-order valence-corrected chi connectivity index (χ2v) is 8.58. The predicted molar refractivity (Wildman–Crippen MR) is 145 cm³/mol. The van der Waals surface area contributed by atoms with Crippen molar-refractivity contribution in [3.05, 3.63) is 84.3 Å². The molecule has 1 aliphatic heterocycles. The first-order chi connectivity index (χ1) is 18.0. The second-order valence-electron chi connectivity index (χ2n) is 8.58. The third kappa shape index (κ3) is 6.18. The van der Waals surface area contributed by atoms with Crippen LogP contribution in [0, 0.1) is 6.92 Å². The van der Waals surface area contributed by atoms with Crippen LogP contribution in [0.5, 0.6) is 5.75 Å². The maximum atomic E-state index is 9.69. The van der Waals surface area contributed by atoms with E-state index in [2.05, 4.69) is 30.3 Å². The predicted octanol–water partition coefficient (Wildman–Crippen LogP) is 3.85. The number of hydrogen-bond acceptors (Lipinski definition) is 10. The molecule has 0 spiro atoms. The summed E-state index contributed by atoms with van der Waals surface area (Å²) < 4.78 is 5.42. The van der Waals surface area contributed by atoms with Gasteiger partial charge in [-0.3, -0.25) is 4.98 Å². The van der Waals surface area contributed by atoms with Gasteiger partial charge in [0.05, 0.1) is 37.0 Å². The van der Waals surface area contributed by atoms with Crippen molar-refractivity contribution in [1.82, 2.24) is 15.0 Å². The number of hydrazone groups is 1. The lowest BCUT2D eigenvalue weighted by Crippen LogP contribution is -2.37. The van der Waals surface area contributed by atoms with Crippen molar-refractivity contribution in [2.45, 2.75) is 6.92 Å². The molecule has 2 aromatic heterocycles. The van der Waals surface area contributed by atoms with E-state index in [0.717, 1.165) is 52.2 Å². The van der Waals surface area contributed by atoms with Crippen LogP contribution in [-0.4, -0.2) is 52.6 Å². The molecule has 10 nitrogen and oxygen atoms in total. The van der Waals surface area contributed by atoms with Gasteiger partial charge in [-0.2, -0.15) is 15.2 Å². The summed E-state index contributed by atoms with van der Waals surface area (Å²) in [5.74, 6) is 7.48. The highest BCUT2D eigenvalue weighted by Crippen LogP contribution is 2.25. The van der Waals surface area contributed by atoms with Crippen molar-refractivity contribution in [3.63, 3.8) is 0 Å². The third-order valence-corrected chi connectivity index (χ3v) is 5.82. The fraction of sp³-hybridized carbons (Fsp3) is 0.185. The summed E-state index contributed by atoms with van der Waals surface area (Å²) in [4.78, 5) is 15.6. The molecular formula is C27H28N8O2. The Morgan fingerprint density at radius 3 is 2.51 bits per heavy atom. The highest BCUT2D eigenvalue weighted by Gasteiger charge is 2.15. The van der Waals surface area contributed by atoms with E-state index >= 15 is 0 Å². The van der Waals surface area contributed by atoms with E-state index in [1.165, 1.54) is 0 Å². The fourth-order valence-electron chi connectivity index (χ4n) is 3.92. The quantitative estimate of drug-likeness (QED) is 0.199. The normalized spacial score (nSPS) is 13.6. The molecule has 1 saturated heterocycles. The van der Waals surface area contributed by atoms with Crippen LogP contribution < -0.4 is 21.2 Å². The molecule has 0 radical (unpaired) electrons. The topological polar surface area (TPSA) is 125 Å². The van der Waals surface area contributed by atoms with Gasteiger partial charge in [-0.1, -0.05) is 24.3 Å². The third-order valence-electron chi connectivity index (χ3n) is 5.82. The maximum Gasteiger partial charge on any atom is 0.263 e. The molecule has 2 aromatic carbocycles. The van der Waals surface area contributed by atoms with Crippen LogP contribution in [0.2, 0.25) is 0 Å². The number of anilines is 4. The fourth-order valence-corrected chi connectivity index (χ4v) is 3.92. The van der Waals surface area contributed by atoms with Crippen LogP contribution in [0.1, 0.15) is 11.4 Å². The lowest BCUT2D eigenvalue weighted by atomic mass is 10.1. The van der Waals surface area contributed by atoms with Crippen molar-refractivity contribution >= 4 is 29.4 Å². The molecule has 5 rings (SSSR count). The molecule has 4 aromatic rings. The van der Waals surface area contributed by atoms with Gasteiger partial charge >= 0.3 is 0 Å². The Hall–Kier alpha value is -4.54. The number of aromatic nitrogens is 3. The van der Waals surface area contributed by atoms with E-state index in [9.17, 15) is 5.11 Å². The minimum Gasteiger partial charge on any atom is -0.508 e. The number of hydrazine groups is 1. The van der Waals surface area contributed by atoms with Crippen molar-refractivity contribution in [2.75, 3.05) is 41.6 Å². The van der Waals surface area contributed by atoms with Gasteiger partial charge in [0.2, 0.25) is 0 Å². The molecule has 0 bridgehead atoms. The molecule has 188 valence electrons. The van der Waals surface area contributed by atoms with Gasteiger partial charge in [0.1, 0.15) is 11.6 Å². The Labute approximate surface area is 215 Å². The minimum absolute atomic E-state index is 0.247. The molecule has 0 unspecified atom stereocenters. The molecule has 3 heterocycles. The summed E-state index contributed by atoms with van der Waals surface area (Å²) in [6.07, 6.45) is 3.29. The summed E-state index contributed by atoms with van der Waals surface area (Å²) >= 11 is 0.